The number of unbranched alkanes of at least 4 members (excludes halogenated alkanes) is 2. The maximum absolute atomic E-state index is 12.8. The van der Waals surface area contributed by atoms with Crippen molar-refractivity contribution in [3.8, 4) is 5.75 Å². The molecule has 1 saturated heterocycles. The number of rotatable bonds is 11. The van der Waals surface area contributed by atoms with Gasteiger partial charge in [0.15, 0.2) is 5.17 Å². The van der Waals surface area contributed by atoms with E-state index in [1.54, 1.807) is 4.90 Å². The number of benzene rings is 1. The molecule has 160 valence electrons. The van der Waals surface area contributed by atoms with Gasteiger partial charge in [0.1, 0.15) is 11.0 Å². The predicted molar refractivity (Wildman–Crippen MR) is 121 cm³/mol. The van der Waals surface area contributed by atoms with Crippen molar-refractivity contribution in [2.45, 2.75) is 64.5 Å². The quantitative estimate of drug-likeness (QED) is 0.528. The molecule has 0 bridgehead atoms. The number of nitrogens with zero attached hydrogens (tertiary/aromatic N) is 2. The van der Waals surface area contributed by atoms with E-state index in [1.807, 2.05) is 24.3 Å². The summed E-state index contributed by atoms with van der Waals surface area (Å²) in [7, 11) is 0. The molecule has 0 saturated carbocycles. The minimum atomic E-state index is -0.461. The average Bonchev–Trinajstić information content (AvgIpc) is 2.72. The van der Waals surface area contributed by atoms with Gasteiger partial charge in [-0.3, -0.25) is 19.5 Å². The summed E-state index contributed by atoms with van der Waals surface area (Å²) in [5.74, 6) is 0.601. The summed E-state index contributed by atoms with van der Waals surface area (Å²) in [6.07, 6.45) is 5.12. The summed E-state index contributed by atoms with van der Waals surface area (Å²) in [6, 6.07) is 7.33. The Morgan fingerprint density at radius 3 is 2.55 bits per heavy atom. The van der Waals surface area contributed by atoms with Gasteiger partial charge in [0.25, 0.3) is 0 Å². The molecule has 29 heavy (non-hydrogen) atoms. The van der Waals surface area contributed by atoms with E-state index in [0.717, 1.165) is 37.9 Å². The van der Waals surface area contributed by atoms with Crippen molar-refractivity contribution in [1.29, 1.82) is 0 Å². The first-order valence-electron chi connectivity index (χ1n) is 10.6. The van der Waals surface area contributed by atoms with Crippen LogP contribution in [0.4, 0.5) is 5.69 Å². The second kappa shape index (κ2) is 12.5. The number of anilines is 1. The van der Waals surface area contributed by atoms with Crippen LogP contribution in [0.1, 0.15) is 59.3 Å². The maximum atomic E-state index is 12.8. The van der Waals surface area contributed by atoms with Crippen LogP contribution in [0.25, 0.3) is 0 Å². The number of thioether (sulfide) groups is 1. The van der Waals surface area contributed by atoms with Crippen LogP contribution < -0.4 is 10.1 Å². The predicted octanol–water partition coefficient (Wildman–Crippen LogP) is 4.70. The monoisotopic (exact) mass is 419 g/mol. The molecule has 1 aromatic rings. The van der Waals surface area contributed by atoms with E-state index in [4.69, 9.17) is 4.74 Å². The van der Waals surface area contributed by atoms with Crippen molar-refractivity contribution in [2.75, 3.05) is 25.0 Å². The van der Waals surface area contributed by atoms with Crippen molar-refractivity contribution in [3.05, 3.63) is 24.3 Å². The summed E-state index contributed by atoms with van der Waals surface area (Å²) in [5.41, 5.74) is 0.699. The van der Waals surface area contributed by atoms with E-state index in [0.29, 0.717) is 30.6 Å². The zero-order valence-electron chi connectivity index (χ0n) is 17.8. The van der Waals surface area contributed by atoms with Crippen LogP contribution >= 0.6 is 11.8 Å². The Kier molecular flexibility index (Phi) is 10.0. The van der Waals surface area contributed by atoms with Gasteiger partial charge in [0, 0.05) is 25.2 Å². The Labute approximate surface area is 178 Å². The highest BCUT2D eigenvalue weighted by molar-refractivity contribution is 8.15. The first-order chi connectivity index (χ1) is 14.1. The normalized spacial score (nSPS) is 18.2. The van der Waals surface area contributed by atoms with Crippen molar-refractivity contribution in [3.63, 3.8) is 0 Å². The number of amidine groups is 1. The lowest BCUT2D eigenvalue weighted by atomic mass is 10.2. The van der Waals surface area contributed by atoms with Gasteiger partial charge in [0.2, 0.25) is 11.8 Å². The Morgan fingerprint density at radius 1 is 1.17 bits per heavy atom. The molecule has 1 aliphatic heterocycles. The molecule has 0 spiro atoms. The van der Waals surface area contributed by atoms with Gasteiger partial charge < -0.3 is 10.1 Å². The highest BCUT2D eigenvalue weighted by atomic mass is 32.2. The van der Waals surface area contributed by atoms with Crippen molar-refractivity contribution < 1.29 is 14.3 Å². The summed E-state index contributed by atoms with van der Waals surface area (Å²) in [4.78, 5) is 31.9. The van der Waals surface area contributed by atoms with Crippen LogP contribution in [-0.4, -0.2) is 46.8 Å². The second-order valence-electron chi connectivity index (χ2n) is 7.09. The van der Waals surface area contributed by atoms with Gasteiger partial charge in [-0.1, -0.05) is 45.4 Å². The summed E-state index contributed by atoms with van der Waals surface area (Å²) < 4.78 is 5.57. The van der Waals surface area contributed by atoms with Crippen LogP contribution in [-0.2, 0) is 9.59 Å². The highest BCUT2D eigenvalue weighted by Crippen LogP contribution is 2.28. The van der Waals surface area contributed by atoms with Crippen molar-refractivity contribution in [2.24, 2.45) is 4.99 Å². The number of carbonyl (C=O) groups excluding carboxylic acids is 2. The molecule has 1 aromatic carbocycles. The van der Waals surface area contributed by atoms with E-state index in [9.17, 15) is 9.59 Å². The van der Waals surface area contributed by atoms with Crippen molar-refractivity contribution >= 4 is 34.4 Å². The fourth-order valence-electron chi connectivity index (χ4n) is 2.82. The SMILES string of the molecule is CCCCN=C1S[C@@H](C(=O)Nc2ccc(OCCC)cc2)CC(=O)N1CCCC. The van der Waals surface area contributed by atoms with Crippen LogP contribution in [0.15, 0.2) is 29.3 Å². The number of ether oxygens (including phenoxy) is 1. The van der Waals surface area contributed by atoms with Gasteiger partial charge >= 0.3 is 0 Å². The number of nitrogens with one attached hydrogen (secondary N) is 1. The molecule has 7 heteroatoms. The molecule has 2 rings (SSSR count). The number of amides is 2. The van der Waals surface area contributed by atoms with Gasteiger partial charge in [-0.25, -0.2) is 0 Å². The summed E-state index contributed by atoms with van der Waals surface area (Å²) in [5, 5.41) is 3.15. The molecule has 2 amide bonds. The number of hydrogen-bond acceptors (Lipinski definition) is 5. The lowest BCUT2D eigenvalue weighted by molar-refractivity contribution is -0.129. The fourth-order valence-corrected chi connectivity index (χ4v) is 3.96. The average molecular weight is 420 g/mol. The second-order valence-corrected chi connectivity index (χ2v) is 8.26. The number of aliphatic imine (C=N–C) groups is 1. The largest absolute Gasteiger partial charge is 0.494 e. The Morgan fingerprint density at radius 2 is 1.90 bits per heavy atom. The molecular formula is C22H33N3O3S. The molecule has 1 atom stereocenters. The van der Waals surface area contributed by atoms with E-state index in [-0.39, 0.29) is 18.2 Å². The molecule has 0 aliphatic carbocycles. The number of carbonyl (C=O) groups is 2. The van der Waals surface area contributed by atoms with Gasteiger partial charge in [-0.15, -0.1) is 0 Å². The third-order valence-corrected chi connectivity index (χ3v) is 5.75. The third-order valence-electron chi connectivity index (χ3n) is 4.52. The lowest BCUT2D eigenvalue weighted by Gasteiger charge is -2.31. The first-order valence-corrected chi connectivity index (χ1v) is 11.5. The Bertz CT molecular complexity index is 691. The molecule has 1 aliphatic rings. The van der Waals surface area contributed by atoms with Crippen LogP contribution in [0.5, 0.6) is 5.75 Å². The van der Waals surface area contributed by atoms with Crippen molar-refractivity contribution in [1.82, 2.24) is 4.90 Å². The molecule has 0 unspecified atom stereocenters. The molecule has 1 heterocycles. The zero-order valence-corrected chi connectivity index (χ0v) is 18.6. The number of hydrogen-bond donors (Lipinski definition) is 1. The molecule has 0 radical (unpaired) electrons. The van der Waals surface area contributed by atoms with Gasteiger partial charge in [0.05, 0.1) is 6.61 Å². The Hall–Kier alpha value is -2.02. The topological polar surface area (TPSA) is 71.0 Å². The highest BCUT2D eigenvalue weighted by Gasteiger charge is 2.35. The minimum absolute atomic E-state index is 0.0177. The lowest BCUT2D eigenvalue weighted by Crippen LogP contribution is -2.45. The molecular weight excluding hydrogens is 386 g/mol. The molecule has 1 N–H and O–H groups in total. The zero-order chi connectivity index (χ0) is 21.1. The first kappa shape index (κ1) is 23.3. The van der Waals surface area contributed by atoms with E-state index in [1.165, 1.54) is 11.8 Å². The maximum Gasteiger partial charge on any atom is 0.238 e. The summed E-state index contributed by atoms with van der Waals surface area (Å²) >= 11 is 1.40. The van der Waals surface area contributed by atoms with E-state index >= 15 is 0 Å². The molecule has 6 nitrogen and oxygen atoms in total. The van der Waals surface area contributed by atoms with Crippen LogP contribution in [0.3, 0.4) is 0 Å². The smallest absolute Gasteiger partial charge is 0.238 e. The Balaban J connectivity index is 2.02. The van der Waals surface area contributed by atoms with E-state index < -0.39 is 5.25 Å². The van der Waals surface area contributed by atoms with Gasteiger partial charge in [-0.05, 0) is 43.5 Å². The molecule has 0 aromatic heterocycles. The van der Waals surface area contributed by atoms with Crippen LogP contribution in [0, 0.1) is 0 Å². The summed E-state index contributed by atoms with van der Waals surface area (Å²) in [6.45, 7) is 8.29. The molecule has 1 fully saturated rings. The van der Waals surface area contributed by atoms with E-state index in [2.05, 4.69) is 31.1 Å². The fraction of sp³-hybridized carbons (Fsp3) is 0.591. The standard InChI is InChI=1S/C22H33N3O3S/c1-4-7-13-23-22-25(14-8-5-2)20(26)16-19(29-22)21(27)24-17-9-11-18(12-10-17)28-15-6-3/h9-12,19H,4-8,13-16H2,1-3H3,(H,24,27)/t19-/m1/s1. The van der Waals surface area contributed by atoms with Gasteiger partial charge in [-0.2, -0.15) is 0 Å². The minimum Gasteiger partial charge on any atom is -0.494 e. The third kappa shape index (κ3) is 7.38. The van der Waals surface area contributed by atoms with Crippen LogP contribution in [0.2, 0.25) is 0 Å².